The van der Waals surface area contributed by atoms with Crippen LogP contribution in [0.25, 0.3) is 61.2 Å². The molecule has 41 heavy (non-hydrogen) atoms. The zero-order chi connectivity index (χ0) is 27.3. The van der Waals surface area contributed by atoms with Crippen molar-refractivity contribution in [2.24, 2.45) is 0 Å². The summed E-state index contributed by atoms with van der Waals surface area (Å²) in [4.78, 5) is 9.26. The van der Waals surface area contributed by atoms with Crippen LogP contribution in [0.3, 0.4) is 0 Å². The van der Waals surface area contributed by atoms with Crippen molar-refractivity contribution in [3.63, 3.8) is 0 Å². The molecule has 0 saturated carbocycles. The number of pyridine rings is 1. The van der Waals surface area contributed by atoms with Crippen LogP contribution >= 0.6 is 0 Å². The fraction of sp³-hybridized carbons (Fsp3) is 0.111. The Morgan fingerprint density at radius 2 is 1.63 bits per heavy atom. The molecule has 4 heterocycles. The predicted octanol–water partition coefficient (Wildman–Crippen LogP) is 9.10. The van der Waals surface area contributed by atoms with E-state index < -0.39 is 0 Å². The molecule has 0 fully saturated rings. The standard InChI is InChI=1S/C19H17N2.C17H10NO.Ir/c1-13-12-19(2,3)21-17-15(13)10-7-11-16(17)20-18(21)14-8-5-4-6-9-14;1-2-10-16-12(6-1)13-7-5-8-14(17(13)19-16)15-9-3-4-11-18-15;/h4-8,10-12H,1-3H3;1-7,9-11H;/q2*-1;. The van der Waals surface area contributed by atoms with Crippen molar-refractivity contribution in [3.8, 4) is 22.6 Å². The first kappa shape index (κ1) is 26.9. The first-order valence-electron chi connectivity index (χ1n) is 13.4. The molecule has 1 aliphatic heterocycles. The van der Waals surface area contributed by atoms with Crippen LogP contribution in [0.4, 0.5) is 0 Å². The van der Waals surface area contributed by atoms with Crippen molar-refractivity contribution in [1.82, 2.24) is 14.5 Å². The van der Waals surface area contributed by atoms with Gasteiger partial charge in [0, 0.05) is 37.3 Å². The van der Waals surface area contributed by atoms with Crippen LogP contribution < -0.4 is 0 Å². The van der Waals surface area contributed by atoms with Crippen molar-refractivity contribution in [2.45, 2.75) is 26.3 Å². The number of hydrogen-bond acceptors (Lipinski definition) is 3. The average molecular weight is 710 g/mol. The first-order valence-corrected chi connectivity index (χ1v) is 13.4. The SMILES string of the molecule is CC1=CC(C)(C)n2c(-c3[c-]cccc3)nc3cccc1c32.[Ir].[c-]1ccc2c(oc3ccccc32)c1-c1ccccn1. The molecule has 0 bridgehead atoms. The van der Waals surface area contributed by atoms with Gasteiger partial charge < -0.3 is 14.0 Å². The summed E-state index contributed by atoms with van der Waals surface area (Å²) in [6, 6.07) is 38.8. The maximum atomic E-state index is 5.97. The molecule has 5 heteroatoms. The van der Waals surface area contributed by atoms with E-state index in [1.165, 1.54) is 16.7 Å². The van der Waals surface area contributed by atoms with E-state index in [0.717, 1.165) is 50.1 Å². The number of furan rings is 1. The van der Waals surface area contributed by atoms with E-state index in [-0.39, 0.29) is 25.6 Å². The minimum absolute atomic E-state index is 0. The number of benzene rings is 4. The average Bonchev–Trinajstić information content (AvgIpc) is 3.57. The van der Waals surface area contributed by atoms with Gasteiger partial charge in [0.05, 0.1) is 28.0 Å². The second kappa shape index (κ2) is 10.6. The second-order valence-electron chi connectivity index (χ2n) is 10.6. The number of imidazole rings is 1. The number of nitrogens with zero attached hydrogens (tertiary/aromatic N) is 3. The predicted molar refractivity (Wildman–Crippen MR) is 163 cm³/mol. The Hall–Kier alpha value is -4.31. The topological polar surface area (TPSA) is 43.9 Å². The van der Waals surface area contributed by atoms with E-state index in [4.69, 9.17) is 9.40 Å². The van der Waals surface area contributed by atoms with Crippen LogP contribution in [0.2, 0.25) is 0 Å². The molecule has 7 aromatic rings. The number of fused-ring (bicyclic) bond motifs is 3. The van der Waals surface area contributed by atoms with Gasteiger partial charge >= 0.3 is 0 Å². The number of allylic oxidation sites excluding steroid dienone is 2. The van der Waals surface area contributed by atoms with E-state index >= 15 is 0 Å². The molecule has 4 nitrogen and oxygen atoms in total. The van der Waals surface area contributed by atoms with Crippen molar-refractivity contribution in [3.05, 3.63) is 127 Å². The summed E-state index contributed by atoms with van der Waals surface area (Å²) >= 11 is 0. The minimum Gasteiger partial charge on any atom is -0.501 e. The van der Waals surface area contributed by atoms with Gasteiger partial charge in [-0.1, -0.05) is 59.5 Å². The van der Waals surface area contributed by atoms with Crippen molar-refractivity contribution in [2.75, 3.05) is 0 Å². The molecular weight excluding hydrogens is 683 g/mol. The van der Waals surface area contributed by atoms with Crippen LogP contribution in [-0.4, -0.2) is 14.5 Å². The first-order chi connectivity index (χ1) is 19.5. The van der Waals surface area contributed by atoms with Crippen LogP contribution in [0.15, 0.2) is 114 Å². The molecule has 1 aliphatic rings. The van der Waals surface area contributed by atoms with Gasteiger partial charge in [-0.2, -0.15) is 0 Å². The number of aromatic nitrogens is 3. The third-order valence-corrected chi connectivity index (χ3v) is 7.46. The van der Waals surface area contributed by atoms with Gasteiger partial charge in [0.15, 0.2) is 0 Å². The van der Waals surface area contributed by atoms with Crippen molar-refractivity contribution < 1.29 is 24.5 Å². The second-order valence-corrected chi connectivity index (χ2v) is 10.6. The monoisotopic (exact) mass is 710 g/mol. The van der Waals surface area contributed by atoms with Gasteiger partial charge in [0.25, 0.3) is 0 Å². The zero-order valence-corrected chi connectivity index (χ0v) is 25.4. The summed E-state index contributed by atoms with van der Waals surface area (Å²) in [6.45, 7) is 6.65. The molecule has 0 atom stereocenters. The van der Waals surface area contributed by atoms with Crippen LogP contribution in [0, 0.1) is 12.1 Å². The summed E-state index contributed by atoms with van der Waals surface area (Å²) in [5, 5.41) is 2.23. The minimum atomic E-state index is -0.0911. The Morgan fingerprint density at radius 1 is 0.805 bits per heavy atom. The van der Waals surface area contributed by atoms with Gasteiger partial charge in [0.2, 0.25) is 0 Å². The normalized spacial score (nSPS) is 13.4. The van der Waals surface area contributed by atoms with E-state index in [1.54, 1.807) is 6.20 Å². The molecule has 0 saturated heterocycles. The molecule has 8 rings (SSSR count). The van der Waals surface area contributed by atoms with Crippen molar-refractivity contribution >= 4 is 38.5 Å². The molecule has 4 aromatic carbocycles. The fourth-order valence-corrected chi connectivity index (χ4v) is 5.78. The summed E-state index contributed by atoms with van der Waals surface area (Å²) in [5.74, 6) is 0.992. The largest absolute Gasteiger partial charge is 0.501 e. The van der Waals surface area contributed by atoms with Gasteiger partial charge in [-0.05, 0) is 50.2 Å². The molecule has 0 spiro atoms. The van der Waals surface area contributed by atoms with Gasteiger partial charge in [-0.15, -0.1) is 54.1 Å². The summed E-state index contributed by atoms with van der Waals surface area (Å²) in [5.41, 5.74) is 9.38. The van der Waals surface area contributed by atoms with Gasteiger partial charge in [0.1, 0.15) is 5.58 Å². The quantitative estimate of drug-likeness (QED) is 0.168. The molecule has 1 radical (unpaired) electrons. The Labute approximate surface area is 252 Å². The summed E-state index contributed by atoms with van der Waals surface area (Å²) < 4.78 is 8.31. The maximum absolute atomic E-state index is 5.97. The Kier molecular flexibility index (Phi) is 6.94. The molecule has 3 aromatic heterocycles. The molecular formula is C36H27IrN3O-2. The van der Waals surface area contributed by atoms with Crippen LogP contribution in [0.5, 0.6) is 0 Å². The Morgan fingerprint density at radius 3 is 2.44 bits per heavy atom. The van der Waals surface area contributed by atoms with Crippen molar-refractivity contribution in [1.29, 1.82) is 0 Å². The molecule has 0 amide bonds. The molecule has 203 valence electrons. The molecule has 0 aliphatic carbocycles. The zero-order valence-electron chi connectivity index (χ0n) is 23.0. The molecule has 0 unspecified atom stereocenters. The van der Waals surface area contributed by atoms with Gasteiger partial charge in [-0.3, -0.25) is 4.98 Å². The Bertz CT molecular complexity index is 2040. The van der Waals surface area contributed by atoms with E-state index in [1.807, 2.05) is 66.7 Å². The van der Waals surface area contributed by atoms with Gasteiger partial charge in [-0.25, -0.2) is 0 Å². The van der Waals surface area contributed by atoms with Crippen LogP contribution in [-0.2, 0) is 25.6 Å². The van der Waals surface area contributed by atoms with E-state index in [2.05, 4.69) is 78.9 Å². The molecule has 0 N–H and O–H groups in total. The maximum Gasteiger partial charge on any atom is 0.120 e. The smallest absolute Gasteiger partial charge is 0.120 e. The fourth-order valence-electron chi connectivity index (χ4n) is 5.78. The number of rotatable bonds is 2. The third kappa shape index (κ3) is 4.61. The third-order valence-electron chi connectivity index (χ3n) is 7.46. The van der Waals surface area contributed by atoms with E-state index in [9.17, 15) is 0 Å². The summed E-state index contributed by atoms with van der Waals surface area (Å²) in [6.07, 6.45) is 4.10. The summed E-state index contributed by atoms with van der Waals surface area (Å²) in [7, 11) is 0. The number of para-hydroxylation sites is 2. The Balaban J connectivity index is 0.000000145. The van der Waals surface area contributed by atoms with E-state index in [0.29, 0.717) is 0 Å². The number of hydrogen-bond donors (Lipinski definition) is 0. The van der Waals surface area contributed by atoms with Crippen LogP contribution in [0.1, 0.15) is 26.3 Å².